The first-order valence-corrected chi connectivity index (χ1v) is 13.0. The molecular formula is C30H44O4. The van der Waals surface area contributed by atoms with Crippen LogP contribution in [0.1, 0.15) is 85.5 Å². The lowest BCUT2D eigenvalue weighted by Gasteiger charge is -2.54. The number of carboxylic acids is 2. The number of allylic oxidation sites excluding steroid dienone is 4. The number of fused-ring (bicyclic) bond motifs is 1. The normalized spacial score (nSPS) is 38.1. The molecule has 2 saturated carbocycles. The van der Waals surface area contributed by atoms with Gasteiger partial charge in [0.1, 0.15) is 0 Å². The minimum atomic E-state index is -0.744. The number of hydrogen-bond donors (Lipinski definition) is 2. The van der Waals surface area contributed by atoms with Crippen LogP contribution in [-0.2, 0) is 9.59 Å². The molecule has 0 amide bonds. The predicted molar refractivity (Wildman–Crippen MR) is 137 cm³/mol. The van der Waals surface area contributed by atoms with Crippen molar-refractivity contribution in [2.45, 2.75) is 85.5 Å². The first-order chi connectivity index (χ1) is 15.8. The van der Waals surface area contributed by atoms with E-state index in [1.807, 2.05) is 0 Å². The van der Waals surface area contributed by atoms with Crippen molar-refractivity contribution in [3.8, 4) is 0 Å². The van der Waals surface area contributed by atoms with Crippen LogP contribution in [0.2, 0.25) is 0 Å². The maximum atomic E-state index is 11.8. The molecule has 2 N–H and O–H groups in total. The van der Waals surface area contributed by atoms with Crippen molar-refractivity contribution < 1.29 is 19.8 Å². The van der Waals surface area contributed by atoms with Gasteiger partial charge in [-0.15, -0.1) is 0 Å². The largest absolute Gasteiger partial charge is 0.481 e. The third-order valence-corrected chi connectivity index (χ3v) is 10.0. The molecule has 0 bridgehead atoms. The standard InChI is InChI=1S/C30H44O4/c1-18(2)23-10-8-19(3)24(29(23,6)17-15-27(31)32)12-13-25-20(4)9-11-26-21(5)22(28(33)34)14-16-30(25,26)7/h9,22-26H,1,3,5,8,10-17H2,2,4,6-7H3,(H,31,32)(H,33,34). The predicted octanol–water partition coefficient (Wildman–Crippen LogP) is 7.44. The van der Waals surface area contributed by atoms with Crippen molar-refractivity contribution in [2.75, 3.05) is 0 Å². The molecule has 3 aliphatic rings. The van der Waals surface area contributed by atoms with Gasteiger partial charge in [-0.2, -0.15) is 0 Å². The number of carbonyl (C=O) groups is 2. The molecule has 0 saturated heterocycles. The van der Waals surface area contributed by atoms with Gasteiger partial charge in [0.25, 0.3) is 0 Å². The Morgan fingerprint density at radius 3 is 2.35 bits per heavy atom. The molecule has 0 aromatic rings. The lowest BCUT2D eigenvalue weighted by Crippen LogP contribution is -2.46. The topological polar surface area (TPSA) is 74.6 Å². The summed E-state index contributed by atoms with van der Waals surface area (Å²) in [4.78, 5) is 23.3. The Morgan fingerprint density at radius 1 is 1.12 bits per heavy atom. The SMILES string of the molecule is C=C(C)C1CCC(=C)C(CCC2C(C)=CCC3C(=C)C(C(=O)O)CCC32C)C1(C)CCC(=O)O. The summed E-state index contributed by atoms with van der Waals surface area (Å²) >= 11 is 0. The Labute approximate surface area is 205 Å². The number of rotatable bonds is 8. The average molecular weight is 469 g/mol. The van der Waals surface area contributed by atoms with Crippen molar-refractivity contribution in [3.63, 3.8) is 0 Å². The van der Waals surface area contributed by atoms with Gasteiger partial charge in [0.15, 0.2) is 0 Å². The molecule has 0 spiro atoms. The van der Waals surface area contributed by atoms with Crippen molar-refractivity contribution in [1.82, 2.24) is 0 Å². The third kappa shape index (κ3) is 4.70. The Morgan fingerprint density at radius 2 is 1.76 bits per heavy atom. The van der Waals surface area contributed by atoms with E-state index < -0.39 is 17.9 Å². The molecule has 0 radical (unpaired) electrons. The van der Waals surface area contributed by atoms with Crippen molar-refractivity contribution in [1.29, 1.82) is 0 Å². The minimum absolute atomic E-state index is 0.0170. The molecule has 4 heteroatoms. The van der Waals surface area contributed by atoms with Crippen LogP contribution in [0, 0.1) is 40.4 Å². The Balaban J connectivity index is 1.86. The average Bonchev–Trinajstić information content (AvgIpc) is 2.73. The molecule has 3 aliphatic carbocycles. The highest BCUT2D eigenvalue weighted by Crippen LogP contribution is 2.59. The van der Waals surface area contributed by atoms with Crippen LogP contribution in [0.15, 0.2) is 48.1 Å². The van der Waals surface area contributed by atoms with Gasteiger partial charge >= 0.3 is 11.9 Å². The second-order valence-corrected chi connectivity index (χ2v) is 11.9. The summed E-state index contributed by atoms with van der Waals surface area (Å²) in [6, 6.07) is 0. The molecule has 7 atom stereocenters. The highest BCUT2D eigenvalue weighted by molar-refractivity contribution is 5.74. The summed E-state index contributed by atoms with van der Waals surface area (Å²) in [6.07, 6.45) is 9.52. The van der Waals surface area contributed by atoms with E-state index in [2.05, 4.69) is 53.5 Å². The van der Waals surface area contributed by atoms with E-state index in [1.165, 1.54) is 11.1 Å². The van der Waals surface area contributed by atoms with Gasteiger partial charge in [-0.3, -0.25) is 9.59 Å². The second kappa shape index (κ2) is 9.87. The fourth-order valence-corrected chi connectivity index (χ4v) is 8.07. The quantitative estimate of drug-likeness (QED) is 0.363. The van der Waals surface area contributed by atoms with Crippen molar-refractivity contribution >= 4 is 11.9 Å². The lowest BCUT2D eigenvalue weighted by molar-refractivity contribution is -0.142. The van der Waals surface area contributed by atoms with E-state index >= 15 is 0 Å². The highest BCUT2D eigenvalue weighted by atomic mass is 16.4. The van der Waals surface area contributed by atoms with Gasteiger partial charge in [0.2, 0.25) is 0 Å². The fourth-order valence-electron chi connectivity index (χ4n) is 8.07. The molecule has 188 valence electrons. The molecule has 3 rings (SSSR count). The maximum absolute atomic E-state index is 11.8. The smallest absolute Gasteiger partial charge is 0.310 e. The summed E-state index contributed by atoms with van der Waals surface area (Å²) in [5, 5.41) is 19.1. The zero-order valence-corrected chi connectivity index (χ0v) is 21.7. The molecule has 0 heterocycles. The van der Waals surface area contributed by atoms with Crippen LogP contribution >= 0.6 is 0 Å². The lowest BCUT2D eigenvalue weighted by atomic mass is 9.50. The fraction of sp³-hybridized carbons (Fsp3) is 0.667. The van der Waals surface area contributed by atoms with E-state index in [9.17, 15) is 19.8 Å². The summed E-state index contributed by atoms with van der Waals surface area (Å²) in [5.41, 5.74) is 4.56. The first-order valence-electron chi connectivity index (χ1n) is 13.0. The van der Waals surface area contributed by atoms with E-state index in [1.54, 1.807) is 0 Å². The van der Waals surface area contributed by atoms with Gasteiger partial charge in [0.05, 0.1) is 5.92 Å². The zero-order chi connectivity index (χ0) is 25.4. The second-order valence-electron chi connectivity index (χ2n) is 11.9. The van der Waals surface area contributed by atoms with E-state index in [4.69, 9.17) is 0 Å². The zero-order valence-electron chi connectivity index (χ0n) is 21.7. The Hall–Kier alpha value is -2.10. The van der Waals surface area contributed by atoms with Crippen molar-refractivity contribution in [2.24, 2.45) is 40.4 Å². The molecule has 7 unspecified atom stereocenters. The van der Waals surface area contributed by atoms with Crippen molar-refractivity contribution in [3.05, 3.63) is 48.1 Å². The van der Waals surface area contributed by atoms with Gasteiger partial charge in [-0.1, -0.05) is 62.0 Å². The summed E-state index contributed by atoms with van der Waals surface area (Å²) in [5.74, 6) is -0.775. The van der Waals surface area contributed by atoms with Crippen LogP contribution in [0.4, 0.5) is 0 Å². The van der Waals surface area contributed by atoms with Crippen LogP contribution in [0.3, 0.4) is 0 Å². The monoisotopic (exact) mass is 468 g/mol. The summed E-state index contributed by atoms with van der Waals surface area (Å²) in [6.45, 7) is 21.9. The Bertz CT molecular complexity index is 911. The number of hydrogen-bond acceptors (Lipinski definition) is 2. The molecule has 34 heavy (non-hydrogen) atoms. The molecule has 2 fully saturated rings. The molecule has 0 aromatic carbocycles. The first kappa shape index (κ1) is 26.5. The van der Waals surface area contributed by atoms with Gasteiger partial charge in [-0.25, -0.2) is 0 Å². The summed E-state index contributed by atoms with van der Waals surface area (Å²) in [7, 11) is 0. The van der Waals surface area contributed by atoms with Crippen LogP contribution in [0.25, 0.3) is 0 Å². The van der Waals surface area contributed by atoms with Gasteiger partial charge in [0, 0.05) is 6.42 Å². The maximum Gasteiger partial charge on any atom is 0.310 e. The summed E-state index contributed by atoms with van der Waals surface area (Å²) < 4.78 is 0. The number of aliphatic carboxylic acids is 2. The molecule has 0 aliphatic heterocycles. The van der Waals surface area contributed by atoms with E-state index in [0.717, 1.165) is 49.7 Å². The van der Waals surface area contributed by atoms with Crippen LogP contribution in [-0.4, -0.2) is 22.2 Å². The highest BCUT2D eigenvalue weighted by Gasteiger charge is 2.51. The van der Waals surface area contributed by atoms with E-state index in [-0.39, 0.29) is 29.1 Å². The van der Waals surface area contributed by atoms with Gasteiger partial charge < -0.3 is 10.2 Å². The van der Waals surface area contributed by atoms with Crippen LogP contribution < -0.4 is 0 Å². The number of carboxylic acid groups (broad SMARTS) is 2. The van der Waals surface area contributed by atoms with Gasteiger partial charge in [-0.05, 0) is 99.7 Å². The molecular weight excluding hydrogens is 424 g/mol. The molecule has 0 aromatic heterocycles. The third-order valence-electron chi connectivity index (χ3n) is 10.0. The van der Waals surface area contributed by atoms with E-state index in [0.29, 0.717) is 24.7 Å². The minimum Gasteiger partial charge on any atom is -0.481 e. The van der Waals surface area contributed by atoms with Crippen LogP contribution in [0.5, 0.6) is 0 Å². The molecule has 4 nitrogen and oxygen atoms in total. The Kier molecular flexibility index (Phi) is 7.70.